The molecular formula is C31H34O8. The lowest BCUT2D eigenvalue weighted by Gasteiger charge is -2.19. The number of carbonyl (C=O) groups is 3. The van der Waals surface area contributed by atoms with Crippen molar-refractivity contribution in [3.05, 3.63) is 95.1 Å². The predicted molar refractivity (Wildman–Crippen MR) is 146 cm³/mol. The normalized spacial score (nSPS) is 11.4. The van der Waals surface area contributed by atoms with Gasteiger partial charge in [0.1, 0.15) is 24.7 Å². The molecule has 0 fully saturated rings. The highest BCUT2D eigenvalue weighted by molar-refractivity contribution is 5.99. The van der Waals surface area contributed by atoms with Gasteiger partial charge in [0.15, 0.2) is 11.9 Å². The molecule has 0 spiro atoms. The third-order valence-electron chi connectivity index (χ3n) is 5.65. The maximum atomic E-state index is 12.9. The van der Waals surface area contributed by atoms with E-state index in [1.165, 1.54) is 0 Å². The van der Waals surface area contributed by atoms with Crippen LogP contribution in [0.1, 0.15) is 57.4 Å². The number of para-hydroxylation sites is 1. The summed E-state index contributed by atoms with van der Waals surface area (Å²) < 4.78 is 27.7. The summed E-state index contributed by atoms with van der Waals surface area (Å²) in [7, 11) is 0. The van der Waals surface area contributed by atoms with Crippen LogP contribution in [0.15, 0.2) is 72.8 Å². The number of esters is 2. The van der Waals surface area contributed by atoms with Crippen LogP contribution in [0.5, 0.6) is 11.5 Å². The van der Waals surface area contributed by atoms with Crippen LogP contribution in [0, 0.1) is 0 Å². The Morgan fingerprint density at radius 3 is 2.21 bits per heavy atom. The number of aryl methyl sites for hydroxylation is 1. The van der Waals surface area contributed by atoms with Crippen LogP contribution in [0.3, 0.4) is 0 Å². The molecule has 1 unspecified atom stereocenters. The lowest BCUT2D eigenvalue weighted by atomic mass is 10.1. The Bertz CT molecular complexity index is 1250. The van der Waals surface area contributed by atoms with Crippen molar-refractivity contribution in [2.45, 2.75) is 33.3 Å². The fourth-order valence-corrected chi connectivity index (χ4v) is 3.72. The van der Waals surface area contributed by atoms with Crippen LogP contribution >= 0.6 is 0 Å². The Balaban J connectivity index is 1.67. The summed E-state index contributed by atoms with van der Waals surface area (Å²) in [6.07, 6.45) is -0.186. The molecule has 0 N–H and O–H groups in total. The standard InChI is InChI=1S/C31H34O8/c1-4-22-11-9-12-23(17-22)31(34)39-26(20-38-30(33)24-13-10-14-25(18-24)36-5-2)19-35-21-28(32)27-15-7-8-16-29(27)37-6-3/h7-18,26H,4-6,19-21H2,1-3H3. The third kappa shape index (κ3) is 8.97. The molecule has 0 aliphatic rings. The number of hydrogen-bond acceptors (Lipinski definition) is 8. The monoisotopic (exact) mass is 534 g/mol. The van der Waals surface area contributed by atoms with Gasteiger partial charge in [0.2, 0.25) is 0 Å². The van der Waals surface area contributed by atoms with Crippen molar-refractivity contribution >= 4 is 17.7 Å². The smallest absolute Gasteiger partial charge is 0.338 e. The van der Waals surface area contributed by atoms with Crippen molar-refractivity contribution in [3.8, 4) is 11.5 Å². The second-order valence-corrected chi connectivity index (χ2v) is 8.51. The molecule has 0 bridgehead atoms. The molecule has 0 saturated heterocycles. The number of Topliss-reactive ketones (excluding diaryl/α,β-unsaturated/α-hetero) is 1. The highest BCUT2D eigenvalue weighted by Gasteiger charge is 2.21. The first-order chi connectivity index (χ1) is 18.9. The van der Waals surface area contributed by atoms with Crippen molar-refractivity contribution in [2.24, 2.45) is 0 Å². The second kappa shape index (κ2) is 15.3. The van der Waals surface area contributed by atoms with Crippen molar-refractivity contribution in [1.29, 1.82) is 0 Å². The summed E-state index contributed by atoms with van der Waals surface area (Å²) in [5.74, 6) is -0.464. The molecule has 0 aliphatic carbocycles. The van der Waals surface area contributed by atoms with Gasteiger partial charge in [-0.05, 0) is 68.3 Å². The summed E-state index contributed by atoms with van der Waals surface area (Å²) in [6.45, 7) is 5.86. The minimum Gasteiger partial charge on any atom is -0.494 e. The van der Waals surface area contributed by atoms with Gasteiger partial charge in [0.05, 0.1) is 36.5 Å². The van der Waals surface area contributed by atoms with E-state index in [2.05, 4.69) is 0 Å². The molecule has 0 amide bonds. The molecule has 8 heteroatoms. The van der Waals surface area contributed by atoms with Gasteiger partial charge in [0.25, 0.3) is 0 Å². The molecule has 8 nitrogen and oxygen atoms in total. The Kier molecular flexibility index (Phi) is 11.5. The van der Waals surface area contributed by atoms with Gasteiger partial charge in [-0.2, -0.15) is 0 Å². The van der Waals surface area contributed by atoms with E-state index in [0.29, 0.717) is 41.4 Å². The molecule has 0 aromatic heterocycles. The van der Waals surface area contributed by atoms with E-state index >= 15 is 0 Å². The van der Waals surface area contributed by atoms with E-state index < -0.39 is 18.0 Å². The quantitative estimate of drug-likeness (QED) is 0.191. The largest absolute Gasteiger partial charge is 0.494 e. The van der Waals surface area contributed by atoms with Crippen molar-refractivity contribution in [3.63, 3.8) is 0 Å². The van der Waals surface area contributed by atoms with E-state index in [1.54, 1.807) is 66.7 Å². The first kappa shape index (κ1) is 29.4. The predicted octanol–water partition coefficient (Wildman–Crippen LogP) is 5.33. The highest BCUT2D eigenvalue weighted by Crippen LogP contribution is 2.19. The minimum atomic E-state index is -0.947. The molecule has 0 heterocycles. The van der Waals surface area contributed by atoms with Crippen molar-refractivity contribution in [2.75, 3.05) is 33.0 Å². The van der Waals surface area contributed by atoms with Crippen LogP contribution in [-0.4, -0.2) is 56.9 Å². The van der Waals surface area contributed by atoms with Gasteiger partial charge < -0.3 is 23.7 Å². The molecule has 3 aromatic rings. The molecule has 0 aliphatic heterocycles. The fourth-order valence-electron chi connectivity index (χ4n) is 3.72. The molecule has 39 heavy (non-hydrogen) atoms. The summed E-state index contributed by atoms with van der Waals surface area (Å²) in [4.78, 5) is 38.3. The summed E-state index contributed by atoms with van der Waals surface area (Å²) in [5.41, 5.74) is 2.04. The van der Waals surface area contributed by atoms with E-state index in [-0.39, 0.29) is 25.6 Å². The van der Waals surface area contributed by atoms with Crippen LogP contribution in [0.2, 0.25) is 0 Å². The minimum absolute atomic E-state index is 0.159. The zero-order valence-electron chi connectivity index (χ0n) is 22.5. The number of rotatable bonds is 15. The van der Waals surface area contributed by atoms with Crippen LogP contribution in [0.25, 0.3) is 0 Å². The average Bonchev–Trinajstić information content (AvgIpc) is 2.96. The first-order valence-electron chi connectivity index (χ1n) is 13.0. The van der Waals surface area contributed by atoms with Crippen LogP contribution in [-0.2, 0) is 20.6 Å². The Hall–Kier alpha value is -4.17. The SMILES string of the molecule is CCOc1cccc(C(=O)OCC(COCC(=O)c2ccccc2OCC)OC(=O)c2cccc(CC)c2)c1. The van der Waals surface area contributed by atoms with Gasteiger partial charge in [-0.15, -0.1) is 0 Å². The number of ether oxygens (including phenoxy) is 5. The molecule has 3 rings (SSSR count). The molecule has 206 valence electrons. The Morgan fingerprint density at radius 1 is 0.744 bits per heavy atom. The first-order valence-corrected chi connectivity index (χ1v) is 13.0. The van der Waals surface area contributed by atoms with E-state index in [0.717, 1.165) is 12.0 Å². The number of hydrogen-bond donors (Lipinski definition) is 0. The van der Waals surface area contributed by atoms with E-state index in [9.17, 15) is 14.4 Å². The molecule has 0 radical (unpaired) electrons. The third-order valence-corrected chi connectivity index (χ3v) is 5.65. The summed E-state index contributed by atoms with van der Waals surface area (Å²) >= 11 is 0. The lowest BCUT2D eigenvalue weighted by Crippen LogP contribution is -2.31. The zero-order chi connectivity index (χ0) is 28.0. The average molecular weight is 535 g/mol. The fraction of sp³-hybridized carbons (Fsp3) is 0.323. The maximum Gasteiger partial charge on any atom is 0.338 e. The van der Waals surface area contributed by atoms with Gasteiger partial charge >= 0.3 is 11.9 Å². The Labute approximate surface area is 228 Å². The number of carbonyl (C=O) groups excluding carboxylic acids is 3. The van der Waals surface area contributed by atoms with Crippen molar-refractivity contribution < 1.29 is 38.1 Å². The Morgan fingerprint density at radius 2 is 1.46 bits per heavy atom. The lowest BCUT2D eigenvalue weighted by molar-refractivity contribution is -0.0298. The van der Waals surface area contributed by atoms with Gasteiger partial charge in [-0.25, -0.2) is 9.59 Å². The van der Waals surface area contributed by atoms with Crippen LogP contribution in [0.4, 0.5) is 0 Å². The summed E-state index contributed by atoms with van der Waals surface area (Å²) in [5, 5.41) is 0. The molecule has 0 saturated carbocycles. The highest BCUT2D eigenvalue weighted by atomic mass is 16.6. The molecular weight excluding hydrogens is 500 g/mol. The number of benzene rings is 3. The topological polar surface area (TPSA) is 97.4 Å². The van der Waals surface area contributed by atoms with Gasteiger partial charge in [-0.1, -0.05) is 37.3 Å². The van der Waals surface area contributed by atoms with Gasteiger partial charge in [-0.3, -0.25) is 4.79 Å². The van der Waals surface area contributed by atoms with Crippen molar-refractivity contribution in [1.82, 2.24) is 0 Å². The maximum absolute atomic E-state index is 12.9. The molecule has 1 atom stereocenters. The van der Waals surface area contributed by atoms with E-state index in [4.69, 9.17) is 23.7 Å². The van der Waals surface area contributed by atoms with E-state index in [1.807, 2.05) is 26.8 Å². The molecule has 3 aromatic carbocycles. The zero-order valence-corrected chi connectivity index (χ0v) is 22.5. The second-order valence-electron chi connectivity index (χ2n) is 8.51. The van der Waals surface area contributed by atoms with Crippen LogP contribution < -0.4 is 9.47 Å². The van der Waals surface area contributed by atoms with Gasteiger partial charge in [0, 0.05) is 0 Å². The summed E-state index contributed by atoms with van der Waals surface area (Å²) in [6, 6.07) is 20.6. The number of ketones is 1.